The van der Waals surface area contributed by atoms with E-state index in [1.807, 2.05) is 12.1 Å². The van der Waals surface area contributed by atoms with Crippen LogP contribution in [0.3, 0.4) is 0 Å². The quantitative estimate of drug-likeness (QED) is 0.688. The minimum Gasteiger partial charge on any atom is -0.310 e. The number of sulfone groups is 1. The second kappa shape index (κ2) is 8.21. The highest BCUT2D eigenvalue weighted by molar-refractivity contribution is 14.1. The molecule has 0 amide bonds. The number of benzene rings is 1. The minimum absolute atomic E-state index is 0.238. The molecule has 0 radical (unpaired) electrons. The zero-order valence-corrected chi connectivity index (χ0v) is 14.5. The largest absolute Gasteiger partial charge is 0.310 e. The van der Waals surface area contributed by atoms with Gasteiger partial charge in [0.25, 0.3) is 0 Å². The molecule has 0 aliphatic carbocycles. The van der Waals surface area contributed by atoms with Crippen molar-refractivity contribution in [2.75, 3.05) is 18.1 Å². The molecule has 1 aromatic rings. The van der Waals surface area contributed by atoms with Crippen LogP contribution in [0.4, 0.5) is 0 Å². The van der Waals surface area contributed by atoms with Crippen LogP contribution < -0.4 is 5.32 Å². The summed E-state index contributed by atoms with van der Waals surface area (Å²) >= 11 is 2.33. The molecular weight excluding hydrogens is 373 g/mol. The fourth-order valence-electron chi connectivity index (χ4n) is 2.02. The topological polar surface area (TPSA) is 46.2 Å². The van der Waals surface area contributed by atoms with Crippen molar-refractivity contribution in [3.05, 3.63) is 33.4 Å². The second-order valence-corrected chi connectivity index (χ2v) is 8.15. The van der Waals surface area contributed by atoms with E-state index in [1.54, 1.807) is 6.92 Å². The van der Waals surface area contributed by atoms with Gasteiger partial charge in [0.1, 0.15) is 9.84 Å². The molecule has 0 aromatic heterocycles. The van der Waals surface area contributed by atoms with Crippen molar-refractivity contribution in [1.82, 2.24) is 5.32 Å². The molecule has 0 spiro atoms. The molecule has 108 valence electrons. The number of hydrogen-bond donors (Lipinski definition) is 1. The first-order valence-electron chi connectivity index (χ1n) is 6.68. The van der Waals surface area contributed by atoms with E-state index in [4.69, 9.17) is 0 Å². The number of hydrogen-bond acceptors (Lipinski definition) is 3. The third kappa shape index (κ3) is 5.79. The summed E-state index contributed by atoms with van der Waals surface area (Å²) in [4.78, 5) is 0. The zero-order valence-electron chi connectivity index (χ0n) is 11.5. The van der Waals surface area contributed by atoms with Crippen LogP contribution in [0.25, 0.3) is 0 Å². The van der Waals surface area contributed by atoms with Crippen molar-refractivity contribution in [3.8, 4) is 0 Å². The zero-order chi connectivity index (χ0) is 14.3. The van der Waals surface area contributed by atoms with Crippen LogP contribution in [0, 0.1) is 3.57 Å². The van der Waals surface area contributed by atoms with Gasteiger partial charge in [-0.05, 0) is 53.6 Å². The third-order valence-electron chi connectivity index (χ3n) is 3.12. The molecule has 0 saturated heterocycles. The SMILES string of the molecule is CCNC(CCCS(=O)(=O)CC)c1ccccc1I. The van der Waals surface area contributed by atoms with Gasteiger partial charge in [-0.1, -0.05) is 32.0 Å². The Labute approximate surface area is 130 Å². The van der Waals surface area contributed by atoms with Gasteiger partial charge in [0.15, 0.2) is 0 Å². The van der Waals surface area contributed by atoms with Gasteiger partial charge in [-0.3, -0.25) is 0 Å². The first-order chi connectivity index (χ1) is 9.00. The van der Waals surface area contributed by atoms with Crippen LogP contribution in [-0.4, -0.2) is 26.5 Å². The second-order valence-electron chi connectivity index (χ2n) is 4.51. The summed E-state index contributed by atoms with van der Waals surface area (Å²) < 4.78 is 24.3. The fourth-order valence-corrected chi connectivity index (χ4v) is 3.68. The third-order valence-corrected chi connectivity index (χ3v) is 5.89. The molecule has 1 rings (SSSR count). The van der Waals surface area contributed by atoms with E-state index in [2.05, 4.69) is 47.0 Å². The molecule has 19 heavy (non-hydrogen) atoms. The standard InChI is InChI=1S/C14H22INO2S/c1-3-16-14(10-7-11-19(17,18)4-2)12-8-5-6-9-13(12)15/h5-6,8-9,14,16H,3-4,7,10-11H2,1-2H3. The summed E-state index contributed by atoms with van der Waals surface area (Å²) in [5, 5.41) is 3.44. The maximum Gasteiger partial charge on any atom is 0.150 e. The summed E-state index contributed by atoms with van der Waals surface area (Å²) in [6, 6.07) is 8.50. The van der Waals surface area contributed by atoms with Gasteiger partial charge in [-0.2, -0.15) is 0 Å². The highest BCUT2D eigenvalue weighted by Crippen LogP contribution is 2.23. The molecule has 5 heteroatoms. The molecule has 3 nitrogen and oxygen atoms in total. The lowest BCUT2D eigenvalue weighted by Crippen LogP contribution is -2.22. The summed E-state index contributed by atoms with van der Waals surface area (Å²) in [7, 11) is -2.85. The highest BCUT2D eigenvalue weighted by Gasteiger charge is 2.14. The van der Waals surface area contributed by atoms with Gasteiger partial charge >= 0.3 is 0 Å². The number of nitrogens with one attached hydrogen (secondary N) is 1. The Hall–Kier alpha value is -0.140. The average molecular weight is 395 g/mol. The predicted molar refractivity (Wildman–Crippen MR) is 89.1 cm³/mol. The van der Waals surface area contributed by atoms with E-state index in [0.29, 0.717) is 6.42 Å². The minimum atomic E-state index is -2.85. The fraction of sp³-hybridized carbons (Fsp3) is 0.571. The first-order valence-corrected chi connectivity index (χ1v) is 9.58. The maximum absolute atomic E-state index is 11.5. The molecular formula is C14H22INO2S. The molecule has 0 heterocycles. The molecule has 1 N–H and O–H groups in total. The Kier molecular flexibility index (Phi) is 7.31. The number of halogens is 1. The lowest BCUT2D eigenvalue weighted by Gasteiger charge is -2.19. The van der Waals surface area contributed by atoms with Crippen LogP contribution in [0.15, 0.2) is 24.3 Å². The normalized spacial score (nSPS) is 13.4. The lowest BCUT2D eigenvalue weighted by molar-refractivity contribution is 0.505. The van der Waals surface area contributed by atoms with Gasteiger partial charge in [0, 0.05) is 15.4 Å². The summed E-state index contributed by atoms with van der Waals surface area (Å²) in [6.07, 6.45) is 1.56. The highest BCUT2D eigenvalue weighted by atomic mass is 127. The Morgan fingerprint density at radius 2 is 1.95 bits per heavy atom. The van der Waals surface area contributed by atoms with Crippen LogP contribution in [0.5, 0.6) is 0 Å². The molecule has 0 saturated carbocycles. The van der Waals surface area contributed by atoms with E-state index >= 15 is 0 Å². The van der Waals surface area contributed by atoms with E-state index in [0.717, 1.165) is 13.0 Å². The first kappa shape index (κ1) is 16.9. The van der Waals surface area contributed by atoms with Gasteiger partial charge in [0.05, 0.1) is 5.75 Å². The lowest BCUT2D eigenvalue weighted by atomic mass is 10.0. The van der Waals surface area contributed by atoms with Crippen LogP contribution in [0.1, 0.15) is 38.3 Å². The van der Waals surface area contributed by atoms with Gasteiger partial charge < -0.3 is 5.32 Å². The summed E-state index contributed by atoms with van der Waals surface area (Å²) in [5.41, 5.74) is 1.26. The monoisotopic (exact) mass is 395 g/mol. The average Bonchev–Trinajstić information content (AvgIpc) is 2.38. The van der Waals surface area contributed by atoms with Gasteiger partial charge in [-0.25, -0.2) is 8.42 Å². The molecule has 0 aliphatic rings. The Morgan fingerprint density at radius 3 is 2.53 bits per heavy atom. The van der Waals surface area contributed by atoms with Gasteiger partial charge in [-0.15, -0.1) is 0 Å². The summed E-state index contributed by atoms with van der Waals surface area (Å²) in [5.74, 6) is 0.524. The van der Waals surface area contributed by atoms with Crippen molar-refractivity contribution in [1.29, 1.82) is 0 Å². The molecule has 0 bridgehead atoms. The van der Waals surface area contributed by atoms with Gasteiger partial charge in [0.2, 0.25) is 0 Å². The van der Waals surface area contributed by atoms with E-state index in [9.17, 15) is 8.42 Å². The molecule has 1 unspecified atom stereocenters. The Balaban J connectivity index is 2.67. The molecule has 1 atom stereocenters. The van der Waals surface area contributed by atoms with Crippen molar-refractivity contribution in [2.24, 2.45) is 0 Å². The molecule has 1 aromatic carbocycles. The van der Waals surface area contributed by atoms with E-state index in [-0.39, 0.29) is 17.5 Å². The van der Waals surface area contributed by atoms with Crippen LogP contribution >= 0.6 is 22.6 Å². The molecule has 0 fully saturated rings. The predicted octanol–water partition coefficient (Wildman–Crippen LogP) is 3.16. The Morgan fingerprint density at radius 1 is 1.26 bits per heavy atom. The maximum atomic E-state index is 11.5. The summed E-state index contributed by atoms with van der Waals surface area (Å²) in [6.45, 7) is 4.67. The van der Waals surface area contributed by atoms with Crippen molar-refractivity contribution in [2.45, 2.75) is 32.7 Å². The van der Waals surface area contributed by atoms with Crippen LogP contribution in [-0.2, 0) is 9.84 Å². The van der Waals surface area contributed by atoms with E-state index in [1.165, 1.54) is 9.13 Å². The molecule has 0 aliphatic heterocycles. The van der Waals surface area contributed by atoms with Crippen molar-refractivity contribution in [3.63, 3.8) is 0 Å². The van der Waals surface area contributed by atoms with Crippen LogP contribution in [0.2, 0.25) is 0 Å². The Bertz CT molecular complexity index is 488. The smallest absolute Gasteiger partial charge is 0.150 e. The number of rotatable bonds is 8. The van der Waals surface area contributed by atoms with Crippen molar-refractivity contribution >= 4 is 32.4 Å². The van der Waals surface area contributed by atoms with Crippen molar-refractivity contribution < 1.29 is 8.42 Å². The van der Waals surface area contributed by atoms with E-state index < -0.39 is 9.84 Å².